The molecule has 2 aromatic heterocycles. The van der Waals surface area contributed by atoms with Crippen LogP contribution >= 0.6 is 22.6 Å². The highest BCUT2D eigenvalue weighted by Gasteiger charge is 2.20. The first-order valence-corrected chi connectivity index (χ1v) is 7.86. The molecule has 7 heteroatoms. The average Bonchev–Trinajstić information content (AvgIpc) is 2.72. The molecular weight excluding hydrogens is 395 g/mol. The second kappa shape index (κ2) is 6.23. The summed E-state index contributed by atoms with van der Waals surface area (Å²) in [6, 6.07) is 1.86. The molecule has 0 amide bonds. The maximum Gasteiger partial charge on any atom is 0.419 e. The van der Waals surface area contributed by atoms with E-state index in [1.165, 1.54) is 4.57 Å². The van der Waals surface area contributed by atoms with Crippen molar-refractivity contribution in [3.8, 4) is 0 Å². The molecule has 0 aliphatic carbocycles. The smallest absolute Gasteiger partial charge is 0.419 e. The molecule has 0 saturated carbocycles. The zero-order valence-corrected chi connectivity index (χ0v) is 15.5. The molecule has 118 valence electrons. The molecule has 22 heavy (non-hydrogen) atoms. The summed E-state index contributed by atoms with van der Waals surface area (Å²) in [5.41, 5.74) is 0.171. The maximum absolute atomic E-state index is 12.3. The van der Waals surface area contributed by atoms with Crippen molar-refractivity contribution in [3.05, 3.63) is 22.0 Å². The fourth-order valence-electron chi connectivity index (χ4n) is 1.78. The minimum absolute atomic E-state index is 0.410. The van der Waals surface area contributed by atoms with Crippen molar-refractivity contribution >= 4 is 51.7 Å². The molecule has 0 fully saturated rings. The van der Waals surface area contributed by atoms with E-state index >= 15 is 0 Å². The Kier molecular flexibility index (Phi) is 4.74. The molecule has 6 nitrogen and oxygen atoms in total. The lowest BCUT2D eigenvalue weighted by Crippen LogP contribution is -2.26. The monoisotopic (exact) mass is 414 g/mol. The third-order valence-corrected chi connectivity index (χ3v) is 3.50. The molecule has 0 bridgehead atoms. The number of pyridine rings is 1. The van der Waals surface area contributed by atoms with Crippen LogP contribution in [0.5, 0.6) is 0 Å². The zero-order chi connectivity index (χ0) is 16.5. The van der Waals surface area contributed by atoms with Crippen LogP contribution in [-0.2, 0) is 4.74 Å². The number of halogens is 1. The summed E-state index contributed by atoms with van der Waals surface area (Å²) in [6.07, 6.45) is 4.67. The van der Waals surface area contributed by atoms with Crippen LogP contribution in [0.3, 0.4) is 0 Å². The first kappa shape index (κ1) is 16.7. The lowest BCUT2D eigenvalue weighted by Gasteiger charge is -2.19. The number of nitrogens with zero attached hydrogens (tertiary/aromatic N) is 4. The molecule has 2 heterocycles. The Balaban J connectivity index is 2.41. The molecule has 0 aliphatic heterocycles. The lowest BCUT2D eigenvalue weighted by molar-refractivity contribution is 0.0544. The number of ether oxygens (including phenoxy) is 1. The van der Waals surface area contributed by atoms with Crippen molar-refractivity contribution in [1.82, 2.24) is 14.5 Å². The number of hydrogen-bond acceptors (Lipinski definition) is 4. The zero-order valence-electron chi connectivity index (χ0n) is 13.3. The van der Waals surface area contributed by atoms with Crippen LogP contribution in [0.1, 0.15) is 20.8 Å². The minimum atomic E-state index is -0.539. The number of fused-ring (bicyclic) bond motifs is 1. The van der Waals surface area contributed by atoms with Gasteiger partial charge in [-0.3, -0.25) is 0 Å². The van der Waals surface area contributed by atoms with E-state index in [1.807, 2.05) is 45.8 Å². The number of carbonyl (C=O) groups excluding carboxylic acids is 1. The van der Waals surface area contributed by atoms with Gasteiger partial charge < -0.3 is 9.64 Å². The van der Waals surface area contributed by atoms with Crippen molar-refractivity contribution in [2.24, 2.45) is 4.99 Å². The fourth-order valence-corrected chi connectivity index (χ4v) is 2.49. The van der Waals surface area contributed by atoms with Gasteiger partial charge in [0.15, 0.2) is 5.82 Å². The number of aliphatic imine (C=N–C) groups is 1. The Labute approximate surface area is 143 Å². The van der Waals surface area contributed by atoms with Crippen LogP contribution in [0, 0.1) is 3.57 Å². The number of aromatic nitrogens is 2. The Morgan fingerprint density at radius 1 is 1.45 bits per heavy atom. The summed E-state index contributed by atoms with van der Waals surface area (Å²) in [4.78, 5) is 22.6. The molecule has 2 rings (SSSR count). The topological polar surface area (TPSA) is 59.7 Å². The Bertz CT molecular complexity index is 729. The standard InChI is InChI=1S/C15H19IN4O2/c1-15(2,3)22-14(21)20-8-11(16)10-6-13(17-7-12(10)20)18-9-19(4)5/h6-9H,1-5H3. The fraction of sp³-hybridized carbons (Fsp3) is 0.400. The molecule has 0 N–H and O–H groups in total. The molecule has 0 radical (unpaired) electrons. The van der Waals surface area contributed by atoms with Crippen LogP contribution < -0.4 is 0 Å². The average molecular weight is 414 g/mol. The number of rotatable bonds is 2. The van der Waals surface area contributed by atoms with E-state index in [0.717, 1.165) is 8.96 Å². The highest BCUT2D eigenvalue weighted by atomic mass is 127. The van der Waals surface area contributed by atoms with E-state index in [4.69, 9.17) is 4.74 Å². The molecule has 2 aromatic rings. The van der Waals surface area contributed by atoms with E-state index < -0.39 is 11.7 Å². The number of hydrogen-bond donors (Lipinski definition) is 0. The van der Waals surface area contributed by atoms with E-state index in [2.05, 4.69) is 32.6 Å². The molecule has 0 saturated heterocycles. The van der Waals surface area contributed by atoms with Crippen LogP contribution in [0.15, 0.2) is 23.5 Å². The van der Waals surface area contributed by atoms with Gasteiger partial charge in [0.2, 0.25) is 0 Å². The summed E-state index contributed by atoms with van der Waals surface area (Å²) in [5.74, 6) is 0.598. The molecule has 0 atom stereocenters. The van der Waals surface area contributed by atoms with E-state index in [0.29, 0.717) is 11.3 Å². The van der Waals surface area contributed by atoms with E-state index in [1.54, 1.807) is 18.7 Å². The second-order valence-corrected chi connectivity index (χ2v) is 7.26. The highest BCUT2D eigenvalue weighted by Crippen LogP contribution is 2.26. The second-order valence-electron chi connectivity index (χ2n) is 6.10. The minimum Gasteiger partial charge on any atom is -0.443 e. The third-order valence-electron chi connectivity index (χ3n) is 2.64. The molecule has 0 unspecified atom stereocenters. The Morgan fingerprint density at radius 2 is 2.14 bits per heavy atom. The summed E-state index contributed by atoms with van der Waals surface area (Å²) < 4.78 is 7.84. The van der Waals surface area contributed by atoms with Gasteiger partial charge in [-0.25, -0.2) is 19.3 Å². The van der Waals surface area contributed by atoms with Gasteiger partial charge in [-0.2, -0.15) is 0 Å². The Hall–Kier alpha value is -1.64. The summed E-state index contributed by atoms with van der Waals surface area (Å²) in [5, 5.41) is 0.923. The van der Waals surface area contributed by atoms with Crippen molar-refractivity contribution in [1.29, 1.82) is 0 Å². The first-order chi connectivity index (χ1) is 10.2. The third kappa shape index (κ3) is 3.96. The summed E-state index contributed by atoms with van der Waals surface area (Å²) in [6.45, 7) is 5.52. The summed E-state index contributed by atoms with van der Waals surface area (Å²) in [7, 11) is 3.79. The van der Waals surface area contributed by atoms with Gasteiger partial charge in [-0.15, -0.1) is 0 Å². The maximum atomic E-state index is 12.3. The quantitative estimate of drug-likeness (QED) is 0.428. The van der Waals surface area contributed by atoms with Gasteiger partial charge in [-0.1, -0.05) is 0 Å². The van der Waals surface area contributed by atoms with Gasteiger partial charge >= 0.3 is 6.09 Å². The van der Waals surface area contributed by atoms with E-state index in [-0.39, 0.29) is 0 Å². The Morgan fingerprint density at radius 3 is 2.73 bits per heavy atom. The predicted octanol–water partition coefficient (Wildman–Crippen LogP) is 3.65. The van der Waals surface area contributed by atoms with E-state index in [9.17, 15) is 4.79 Å². The van der Waals surface area contributed by atoms with Gasteiger partial charge in [0.1, 0.15) is 5.60 Å². The SMILES string of the molecule is CN(C)C=Nc1cc2c(I)cn(C(=O)OC(C)(C)C)c2cn1. The van der Waals surface area contributed by atoms with Crippen LogP contribution in [0.4, 0.5) is 10.6 Å². The van der Waals surface area contributed by atoms with Crippen LogP contribution in [-0.4, -0.2) is 46.6 Å². The summed E-state index contributed by atoms with van der Waals surface area (Å²) >= 11 is 2.19. The molecular formula is C15H19IN4O2. The predicted molar refractivity (Wildman–Crippen MR) is 95.9 cm³/mol. The van der Waals surface area contributed by atoms with Crippen molar-refractivity contribution in [3.63, 3.8) is 0 Å². The molecule has 0 aliphatic rings. The van der Waals surface area contributed by atoms with Gasteiger partial charge in [0.05, 0.1) is 18.1 Å². The van der Waals surface area contributed by atoms with Gasteiger partial charge in [0, 0.05) is 29.2 Å². The van der Waals surface area contributed by atoms with Crippen LogP contribution in [0.2, 0.25) is 0 Å². The van der Waals surface area contributed by atoms with Crippen molar-refractivity contribution in [2.75, 3.05) is 14.1 Å². The largest absolute Gasteiger partial charge is 0.443 e. The molecule has 0 aromatic carbocycles. The number of carbonyl (C=O) groups is 1. The normalized spacial score (nSPS) is 12.1. The van der Waals surface area contributed by atoms with Crippen molar-refractivity contribution < 1.29 is 9.53 Å². The van der Waals surface area contributed by atoms with Crippen molar-refractivity contribution in [2.45, 2.75) is 26.4 Å². The van der Waals surface area contributed by atoms with Gasteiger partial charge in [0.25, 0.3) is 0 Å². The first-order valence-electron chi connectivity index (χ1n) is 6.78. The lowest BCUT2D eigenvalue weighted by atomic mass is 10.2. The van der Waals surface area contributed by atoms with Crippen LogP contribution in [0.25, 0.3) is 10.9 Å². The van der Waals surface area contributed by atoms with Gasteiger partial charge in [-0.05, 0) is 49.4 Å². The highest BCUT2D eigenvalue weighted by molar-refractivity contribution is 14.1. The molecule has 0 spiro atoms.